The van der Waals surface area contributed by atoms with Crippen LogP contribution in [0.1, 0.15) is 6.92 Å². The van der Waals surface area contributed by atoms with Crippen molar-refractivity contribution in [2.24, 2.45) is 0 Å². The number of rotatable bonds is 2. The SMILES string of the molecule is CCn1cnc(-c2ccc(Cl)cc2)c1. The summed E-state index contributed by atoms with van der Waals surface area (Å²) in [6, 6.07) is 7.71. The van der Waals surface area contributed by atoms with Crippen LogP contribution < -0.4 is 0 Å². The van der Waals surface area contributed by atoms with Crippen molar-refractivity contribution in [3.8, 4) is 11.3 Å². The Morgan fingerprint density at radius 3 is 2.57 bits per heavy atom. The first-order chi connectivity index (χ1) is 6.79. The van der Waals surface area contributed by atoms with Crippen LogP contribution in [-0.4, -0.2) is 9.55 Å². The van der Waals surface area contributed by atoms with E-state index >= 15 is 0 Å². The number of hydrogen-bond acceptors (Lipinski definition) is 1. The molecule has 0 aliphatic carbocycles. The minimum atomic E-state index is 0.753. The van der Waals surface area contributed by atoms with Gasteiger partial charge in [-0.3, -0.25) is 0 Å². The molecule has 0 aliphatic heterocycles. The summed E-state index contributed by atoms with van der Waals surface area (Å²) in [6.45, 7) is 3.04. The number of nitrogens with zero attached hydrogens (tertiary/aromatic N) is 2. The van der Waals surface area contributed by atoms with Crippen molar-refractivity contribution >= 4 is 11.6 Å². The fourth-order valence-electron chi connectivity index (χ4n) is 1.30. The molecule has 2 nitrogen and oxygen atoms in total. The number of benzene rings is 1. The molecule has 1 heterocycles. The molecular weight excluding hydrogens is 196 g/mol. The van der Waals surface area contributed by atoms with Crippen molar-refractivity contribution in [1.82, 2.24) is 9.55 Å². The molecule has 1 aromatic carbocycles. The van der Waals surface area contributed by atoms with Crippen molar-refractivity contribution in [2.75, 3.05) is 0 Å². The summed E-state index contributed by atoms with van der Waals surface area (Å²) in [5.41, 5.74) is 2.09. The van der Waals surface area contributed by atoms with E-state index in [1.54, 1.807) is 0 Å². The summed E-state index contributed by atoms with van der Waals surface area (Å²) >= 11 is 5.81. The predicted octanol–water partition coefficient (Wildman–Crippen LogP) is 3.22. The molecule has 0 radical (unpaired) electrons. The standard InChI is InChI=1S/C11H11ClN2/c1-2-14-7-11(13-8-14)9-3-5-10(12)6-4-9/h3-8H,2H2,1H3. The highest BCUT2D eigenvalue weighted by molar-refractivity contribution is 6.30. The van der Waals surface area contributed by atoms with E-state index in [0.29, 0.717) is 0 Å². The Balaban J connectivity index is 2.34. The summed E-state index contributed by atoms with van der Waals surface area (Å²) in [6.07, 6.45) is 3.87. The highest BCUT2D eigenvalue weighted by Gasteiger charge is 2.00. The van der Waals surface area contributed by atoms with Gasteiger partial charge in [0.15, 0.2) is 0 Å². The molecular formula is C11H11ClN2. The predicted molar refractivity (Wildman–Crippen MR) is 58.3 cm³/mol. The largest absolute Gasteiger partial charge is 0.337 e. The van der Waals surface area contributed by atoms with Crippen molar-refractivity contribution in [3.05, 3.63) is 41.8 Å². The van der Waals surface area contributed by atoms with Gasteiger partial charge in [0.25, 0.3) is 0 Å². The van der Waals surface area contributed by atoms with Crippen LogP contribution in [0.4, 0.5) is 0 Å². The van der Waals surface area contributed by atoms with E-state index in [4.69, 9.17) is 11.6 Å². The molecule has 0 amide bonds. The molecule has 0 aliphatic rings. The summed E-state index contributed by atoms with van der Waals surface area (Å²) in [4.78, 5) is 4.31. The maximum atomic E-state index is 5.81. The molecule has 14 heavy (non-hydrogen) atoms. The highest BCUT2D eigenvalue weighted by atomic mass is 35.5. The van der Waals surface area contributed by atoms with Crippen LogP contribution in [-0.2, 0) is 6.54 Å². The van der Waals surface area contributed by atoms with Crippen LogP contribution in [0.25, 0.3) is 11.3 Å². The second-order valence-electron chi connectivity index (χ2n) is 3.10. The number of halogens is 1. The summed E-state index contributed by atoms with van der Waals surface area (Å²) in [5.74, 6) is 0. The molecule has 0 spiro atoms. The molecule has 72 valence electrons. The summed E-state index contributed by atoms with van der Waals surface area (Å²) < 4.78 is 2.05. The molecule has 2 aromatic rings. The van der Waals surface area contributed by atoms with Crippen molar-refractivity contribution in [2.45, 2.75) is 13.5 Å². The first kappa shape index (κ1) is 9.28. The lowest BCUT2D eigenvalue weighted by molar-refractivity contribution is 0.762. The zero-order valence-corrected chi connectivity index (χ0v) is 8.70. The van der Waals surface area contributed by atoms with Crippen LogP contribution >= 0.6 is 11.6 Å². The van der Waals surface area contributed by atoms with E-state index in [1.165, 1.54) is 0 Å². The van der Waals surface area contributed by atoms with Gasteiger partial charge in [-0.25, -0.2) is 4.98 Å². The monoisotopic (exact) mass is 206 g/mol. The molecule has 0 N–H and O–H groups in total. The Kier molecular flexibility index (Phi) is 2.55. The van der Waals surface area contributed by atoms with Gasteiger partial charge in [0, 0.05) is 23.3 Å². The van der Waals surface area contributed by atoms with Crippen molar-refractivity contribution < 1.29 is 0 Å². The van der Waals surface area contributed by atoms with E-state index in [1.807, 2.05) is 41.4 Å². The minimum Gasteiger partial charge on any atom is -0.337 e. The Bertz CT molecular complexity index is 417. The molecule has 2 rings (SSSR count). The lowest BCUT2D eigenvalue weighted by atomic mass is 10.2. The van der Waals surface area contributed by atoms with Crippen LogP contribution in [0.15, 0.2) is 36.8 Å². The zero-order valence-electron chi connectivity index (χ0n) is 7.94. The topological polar surface area (TPSA) is 17.8 Å². The van der Waals surface area contributed by atoms with Crippen LogP contribution in [0.5, 0.6) is 0 Å². The lowest BCUT2D eigenvalue weighted by Crippen LogP contribution is -1.86. The van der Waals surface area contributed by atoms with E-state index in [0.717, 1.165) is 22.8 Å². The van der Waals surface area contributed by atoms with Crippen LogP contribution in [0.2, 0.25) is 5.02 Å². The molecule has 0 bridgehead atoms. The van der Waals surface area contributed by atoms with Gasteiger partial charge in [-0.15, -0.1) is 0 Å². The Labute approximate surface area is 88.2 Å². The normalized spacial score (nSPS) is 10.4. The maximum Gasteiger partial charge on any atom is 0.0953 e. The summed E-state index contributed by atoms with van der Waals surface area (Å²) in [7, 11) is 0. The van der Waals surface area contributed by atoms with Crippen LogP contribution in [0, 0.1) is 0 Å². The minimum absolute atomic E-state index is 0.753. The highest BCUT2D eigenvalue weighted by Crippen LogP contribution is 2.19. The smallest absolute Gasteiger partial charge is 0.0953 e. The van der Waals surface area contributed by atoms with Crippen LogP contribution in [0.3, 0.4) is 0 Å². The molecule has 0 saturated carbocycles. The quantitative estimate of drug-likeness (QED) is 0.738. The number of aryl methyl sites for hydroxylation is 1. The van der Waals surface area contributed by atoms with Gasteiger partial charge in [-0.1, -0.05) is 23.7 Å². The van der Waals surface area contributed by atoms with Gasteiger partial charge < -0.3 is 4.57 Å². The second kappa shape index (κ2) is 3.84. The Morgan fingerprint density at radius 1 is 1.29 bits per heavy atom. The third kappa shape index (κ3) is 1.80. The number of hydrogen-bond donors (Lipinski definition) is 0. The van der Waals surface area contributed by atoms with Gasteiger partial charge >= 0.3 is 0 Å². The third-order valence-electron chi connectivity index (χ3n) is 2.14. The van der Waals surface area contributed by atoms with Gasteiger partial charge in [0.1, 0.15) is 0 Å². The average molecular weight is 207 g/mol. The first-order valence-corrected chi connectivity index (χ1v) is 4.95. The Hall–Kier alpha value is -1.28. The van der Waals surface area contributed by atoms with Gasteiger partial charge in [-0.05, 0) is 19.1 Å². The molecule has 3 heteroatoms. The third-order valence-corrected chi connectivity index (χ3v) is 2.39. The lowest BCUT2D eigenvalue weighted by Gasteiger charge is -1.96. The zero-order chi connectivity index (χ0) is 9.97. The molecule has 0 fully saturated rings. The number of imidazole rings is 1. The summed E-state index contributed by atoms with van der Waals surface area (Å²) in [5, 5.41) is 0.753. The maximum absolute atomic E-state index is 5.81. The van der Waals surface area contributed by atoms with Gasteiger partial charge in [0.2, 0.25) is 0 Å². The van der Waals surface area contributed by atoms with E-state index in [-0.39, 0.29) is 0 Å². The fourth-order valence-corrected chi connectivity index (χ4v) is 1.43. The average Bonchev–Trinajstić information content (AvgIpc) is 2.67. The van der Waals surface area contributed by atoms with E-state index in [2.05, 4.69) is 11.9 Å². The van der Waals surface area contributed by atoms with E-state index in [9.17, 15) is 0 Å². The van der Waals surface area contributed by atoms with Gasteiger partial charge in [-0.2, -0.15) is 0 Å². The number of aromatic nitrogens is 2. The Morgan fingerprint density at radius 2 is 2.00 bits per heavy atom. The molecule has 0 saturated heterocycles. The molecule has 1 aromatic heterocycles. The first-order valence-electron chi connectivity index (χ1n) is 4.57. The van der Waals surface area contributed by atoms with Gasteiger partial charge in [0.05, 0.1) is 12.0 Å². The second-order valence-corrected chi connectivity index (χ2v) is 3.53. The molecule has 0 atom stereocenters. The fraction of sp³-hybridized carbons (Fsp3) is 0.182. The molecule has 0 unspecified atom stereocenters. The van der Waals surface area contributed by atoms with Crippen molar-refractivity contribution in [1.29, 1.82) is 0 Å². The van der Waals surface area contributed by atoms with Crippen molar-refractivity contribution in [3.63, 3.8) is 0 Å². The van der Waals surface area contributed by atoms with E-state index < -0.39 is 0 Å².